The maximum Gasteiger partial charge on any atom is 0.254 e. The number of hydrogen-bond donors (Lipinski definition) is 2. The van der Waals surface area contributed by atoms with Gasteiger partial charge in [0, 0.05) is 39.7 Å². The Balaban J connectivity index is 0.000000492. The number of rotatable bonds is 12. The Morgan fingerprint density at radius 3 is 2.34 bits per heavy atom. The number of methoxy groups -OCH3 is 1. The SMILES string of the molecule is CC.CCCOCCCCNc1c(F)cc2c(=O)c(C(N)=O)cn3c2c1Oc1cc2c(cc1-3)-c1ccccc1C2.CCN(C)CC.CCOC. The summed E-state index contributed by atoms with van der Waals surface area (Å²) in [7, 11) is 3.79. The van der Waals surface area contributed by atoms with Crippen LogP contribution in [0.25, 0.3) is 27.7 Å². The van der Waals surface area contributed by atoms with Crippen LogP contribution in [-0.2, 0) is 15.9 Å². The fraction of sp³-hybridized carbons (Fsp3) is 0.450. The number of nitrogens with one attached hydrogen (secondary N) is 1. The van der Waals surface area contributed by atoms with E-state index < -0.39 is 17.2 Å². The molecule has 0 unspecified atom stereocenters. The molecule has 1 amide bonds. The summed E-state index contributed by atoms with van der Waals surface area (Å²) in [6.07, 6.45) is 4.78. The van der Waals surface area contributed by atoms with Gasteiger partial charge in [-0.05, 0) is 93.2 Å². The monoisotopic (exact) mass is 690 g/mol. The second kappa shape index (κ2) is 19.8. The van der Waals surface area contributed by atoms with Gasteiger partial charge in [-0.25, -0.2) is 4.39 Å². The van der Waals surface area contributed by atoms with Crippen molar-refractivity contribution >= 4 is 22.5 Å². The lowest BCUT2D eigenvalue weighted by Crippen LogP contribution is -2.25. The molecule has 0 spiro atoms. The Kier molecular flexibility index (Phi) is 15.9. The molecule has 3 N–H and O–H groups in total. The van der Waals surface area contributed by atoms with E-state index in [-0.39, 0.29) is 22.4 Å². The minimum Gasteiger partial charge on any atom is -0.451 e. The fourth-order valence-corrected chi connectivity index (χ4v) is 5.60. The highest BCUT2D eigenvalue weighted by Crippen LogP contribution is 2.48. The standard InChI is InChI=1S/C30H28FN3O4.C5H13N.C3H8O.C2H6/c1-2-10-37-11-6-5-9-33-26-23(31)14-21-27-29(26)38-25-13-18-12-17-7-3-4-8-19(17)20(18)15-24(25)34(27)16-22(28(21)35)30(32)36;1-4-6(3)5-2;1-3-4-2;1-2/h3-4,7-8,13-16,33H,2,5-6,9-12H2,1H3,(H2,32,36);4-5H2,1-3H3;3H2,1-2H3;1-2H3. The molecule has 4 aromatic rings. The number of benzene rings is 3. The van der Waals surface area contributed by atoms with Gasteiger partial charge in [-0.15, -0.1) is 0 Å². The molecule has 1 aliphatic carbocycles. The van der Waals surface area contributed by atoms with Crippen molar-refractivity contribution in [2.75, 3.05) is 58.9 Å². The molecule has 272 valence electrons. The molecule has 10 heteroatoms. The molecular weight excluding hydrogens is 635 g/mol. The Labute approximate surface area is 296 Å². The van der Waals surface area contributed by atoms with Gasteiger partial charge < -0.3 is 34.7 Å². The molecule has 2 heterocycles. The zero-order valence-corrected chi connectivity index (χ0v) is 31.1. The number of hydrogen-bond acceptors (Lipinski definition) is 7. The quantitative estimate of drug-likeness (QED) is 0.125. The molecule has 0 saturated heterocycles. The largest absolute Gasteiger partial charge is 0.451 e. The van der Waals surface area contributed by atoms with E-state index in [1.165, 1.54) is 11.8 Å². The highest BCUT2D eigenvalue weighted by Gasteiger charge is 2.30. The Hall–Kier alpha value is -4.25. The molecule has 1 aromatic heterocycles. The number of ether oxygens (including phenoxy) is 3. The van der Waals surface area contributed by atoms with E-state index in [4.69, 9.17) is 15.2 Å². The first-order valence-corrected chi connectivity index (χ1v) is 17.8. The van der Waals surface area contributed by atoms with E-state index in [0.717, 1.165) is 74.7 Å². The van der Waals surface area contributed by atoms with E-state index in [1.807, 2.05) is 45.0 Å². The first kappa shape index (κ1) is 40.2. The van der Waals surface area contributed by atoms with Crippen molar-refractivity contribution < 1.29 is 23.4 Å². The smallest absolute Gasteiger partial charge is 0.254 e. The summed E-state index contributed by atoms with van der Waals surface area (Å²) in [6.45, 7) is 17.4. The van der Waals surface area contributed by atoms with E-state index in [9.17, 15) is 9.59 Å². The van der Waals surface area contributed by atoms with Gasteiger partial charge in [-0.2, -0.15) is 0 Å². The highest BCUT2D eigenvalue weighted by atomic mass is 19.1. The van der Waals surface area contributed by atoms with E-state index in [0.29, 0.717) is 30.1 Å². The van der Waals surface area contributed by atoms with Gasteiger partial charge in [0.25, 0.3) is 5.91 Å². The topological polar surface area (TPSA) is 108 Å². The first-order chi connectivity index (χ1) is 24.2. The van der Waals surface area contributed by atoms with Crippen molar-refractivity contribution in [3.8, 4) is 28.3 Å². The van der Waals surface area contributed by atoms with Crippen molar-refractivity contribution in [2.45, 2.75) is 67.2 Å². The second-order valence-electron chi connectivity index (χ2n) is 11.8. The van der Waals surface area contributed by atoms with Crippen LogP contribution < -0.4 is 21.2 Å². The van der Waals surface area contributed by atoms with Crippen LogP contribution in [0.2, 0.25) is 0 Å². The molecule has 0 saturated carbocycles. The first-order valence-electron chi connectivity index (χ1n) is 17.8. The van der Waals surface area contributed by atoms with Crippen LogP contribution in [0.1, 0.15) is 82.3 Å². The number of anilines is 1. The summed E-state index contributed by atoms with van der Waals surface area (Å²) < 4.78 is 33.6. The van der Waals surface area contributed by atoms with Crippen LogP contribution in [0.4, 0.5) is 10.1 Å². The number of fused-ring (bicyclic) bond motifs is 5. The molecule has 0 atom stereocenters. The third-order valence-corrected chi connectivity index (χ3v) is 8.54. The molecule has 3 aromatic carbocycles. The zero-order valence-electron chi connectivity index (χ0n) is 31.1. The molecule has 2 aliphatic rings. The molecular formula is C40H55FN4O5. The van der Waals surface area contributed by atoms with Crippen LogP contribution in [-0.4, -0.2) is 69.0 Å². The van der Waals surface area contributed by atoms with Crippen molar-refractivity contribution in [2.24, 2.45) is 5.73 Å². The lowest BCUT2D eigenvalue weighted by Gasteiger charge is -2.27. The van der Waals surface area contributed by atoms with Crippen molar-refractivity contribution in [3.05, 3.63) is 81.4 Å². The molecule has 0 radical (unpaired) electrons. The lowest BCUT2D eigenvalue weighted by atomic mass is 10.0. The second-order valence-corrected chi connectivity index (χ2v) is 11.8. The van der Waals surface area contributed by atoms with Gasteiger partial charge in [0.1, 0.15) is 16.8 Å². The van der Waals surface area contributed by atoms with Crippen molar-refractivity contribution in [3.63, 3.8) is 0 Å². The number of halogens is 1. The number of primary amides is 1. The summed E-state index contributed by atoms with van der Waals surface area (Å²) in [5.41, 5.74) is 10.5. The summed E-state index contributed by atoms with van der Waals surface area (Å²) in [6, 6.07) is 13.3. The molecule has 9 nitrogen and oxygen atoms in total. The van der Waals surface area contributed by atoms with Crippen LogP contribution >= 0.6 is 0 Å². The van der Waals surface area contributed by atoms with Crippen molar-refractivity contribution in [1.29, 1.82) is 0 Å². The van der Waals surface area contributed by atoms with Gasteiger partial charge >= 0.3 is 0 Å². The third-order valence-electron chi connectivity index (χ3n) is 8.54. The molecule has 0 bridgehead atoms. The number of unbranched alkanes of at least 4 members (excludes halogenated alkanes) is 1. The summed E-state index contributed by atoms with van der Waals surface area (Å²) in [5, 5.41) is 3.21. The van der Waals surface area contributed by atoms with Gasteiger partial charge in [-0.3, -0.25) is 9.59 Å². The van der Waals surface area contributed by atoms with Gasteiger partial charge in [0.2, 0.25) is 5.43 Å². The van der Waals surface area contributed by atoms with Crippen LogP contribution in [0.15, 0.2) is 53.5 Å². The fourth-order valence-electron chi connectivity index (χ4n) is 5.60. The van der Waals surface area contributed by atoms with Crippen LogP contribution in [0.5, 0.6) is 11.5 Å². The van der Waals surface area contributed by atoms with Crippen LogP contribution in [0, 0.1) is 5.82 Å². The highest BCUT2D eigenvalue weighted by molar-refractivity contribution is 6.01. The van der Waals surface area contributed by atoms with E-state index in [2.05, 4.69) is 54.9 Å². The summed E-state index contributed by atoms with van der Waals surface area (Å²) in [5.74, 6) is -0.754. The Bertz CT molecular complexity index is 1780. The average Bonchev–Trinajstić information content (AvgIpc) is 3.50. The maximum atomic E-state index is 15.5. The minimum absolute atomic E-state index is 0.0406. The average molecular weight is 691 g/mol. The van der Waals surface area contributed by atoms with E-state index >= 15 is 4.39 Å². The Morgan fingerprint density at radius 2 is 1.72 bits per heavy atom. The predicted molar refractivity (Wildman–Crippen MR) is 203 cm³/mol. The minimum atomic E-state index is -0.866. The summed E-state index contributed by atoms with van der Waals surface area (Å²) >= 11 is 0. The number of aromatic nitrogens is 1. The third kappa shape index (κ3) is 9.29. The summed E-state index contributed by atoms with van der Waals surface area (Å²) in [4.78, 5) is 27.6. The van der Waals surface area contributed by atoms with Crippen molar-refractivity contribution in [1.82, 2.24) is 9.47 Å². The number of nitrogens with two attached hydrogens (primary N) is 1. The molecule has 6 rings (SSSR count). The normalized spacial score (nSPS) is 11.5. The molecule has 1 aliphatic heterocycles. The number of amides is 1. The van der Waals surface area contributed by atoms with Gasteiger partial charge in [0.05, 0.1) is 11.1 Å². The zero-order chi connectivity index (χ0) is 36.8. The number of carbonyl (C=O) groups excluding carboxylic acids is 1. The maximum absolute atomic E-state index is 15.5. The molecule has 50 heavy (non-hydrogen) atoms. The van der Waals surface area contributed by atoms with Crippen LogP contribution in [0.3, 0.4) is 0 Å². The predicted octanol–water partition coefficient (Wildman–Crippen LogP) is 8.16. The number of pyridine rings is 1. The Morgan fingerprint density at radius 1 is 1.02 bits per heavy atom. The number of carbonyl (C=O) groups is 1. The lowest BCUT2D eigenvalue weighted by molar-refractivity contribution is 0.0999. The van der Waals surface area contributed by atoms with Gasteiger partial charge in [-0.1, -0.05) is 58.9 Å². The van der Waals surface area contributed by atoms with Gasteiger partial charge in [0.15, 0.2) is 17.3 Å². The number of nitrogens with zero attached hydrogens (tertiary/aromatic N) is 2. The molecule has 0 fully saturated rings. The van der Waals surface area contributed by atoms with E-state index in [1.54, 1.807) is 11.7 Å².